The summed E-state index contributed by atoms with van der Waals surface area (Å²) in [6.45, 7) is 5.86. The highest BCUT2D eigenvalue weighted by atomic mass is 16.1. The minimum atomic E-state index is 0.252. The molecule has 0 aromatic heterocycles. The molecule has 1 rings (SSSR count). The van der Waals surface area contributed by atoms with E-state index in [2.05, 4.69) is 31.3 Å². The Morgan fingerprint density at radius 2 is 2.00 bits per heavy atom. The highest BCUT2D eigenvalue weighted by Gasteiger charge is 2.05. The van der Waals surface area contributed by atoms with Gasteiger partial charge in [0.25, 0.3) is 0 Å². The van der Waals surface area contributed by atoms with Gasteiger partial charge in [-0.3, -0.25) is 0 Å². The lowest BCUT2D eigenvalue weighted by atomic mass is 9.98. The number of rotatable bonds is 4. The van der Waals surface area contributed by atoms with Crippen LogP contribution in [0.1, 0.15) is 30.0 Å². The molecule has 0 bridgehead atoms. The summed E-state index contributed by atoms with van der Waals surface area (Å²) in [5.41, 5.74) is 4.97. The lowest BCUT2D eigenvalue weighted by molar-refractivity contribution is -0.116. The Bertz CT molecular complexity index is 369. The van der Waals surface area contributed by atoms with Gasteiger partial charge in [-0.05, 0) is 56.0 Å². The fraction of sp³-hybridized carbons (Fsp3) is 0.462. The van der Waals surface area contributed by atoms with Crippen LogP contribution in [0.2, 0.25) is 0 Å². The largest absolute Gasteiger partial charge is 0.388 e. The second kappa shape index (κ2) is 4.96. The van der Waals surface area contributed by atoms with Crippen molar-refractivity contribution in [2.45, 2.75) is 33.6 Å². The molecule has 82 valence electrons. The molecule has 0 radical (unpaired) electrons. The first-order valence-electron chi connectivity index (χ1n) is 5.32. The topological polar surface area (TPSA) is 29.1 Å². The number of hydrogen-bond donors (Lipinski definition) is 1. The van der Waals surface area contributed by atoms with Gasteiger partial charge < -0.3 is 10.1 Å². The molecule has 2 nitrogen and oxygen atoms in total. The first-order chi connectivity index (χ1) is 7.04. The zero-order valence-electron chi connectivity index (χ0n) is 9.98. The molecule has 1 N–H and O–H groups in total. The minimum Gasteiger partial charge on any atom is -0.388 e. The van der Waals surface area contributed by atoms with Crippen LogP contribution in [0.15, 0.2) is 12.1 Å². The van der Waals surface area contributed by atoms with E-state index in [9.17, 15) is 4.79 Å². The molecule has 2 heteroatoms. The second-order valence-electron chi connectivity index (χ2n) is 4.03. The molecular weight excluding hydrogens is 186 g/mol. The molecule has 0 spiro atoms. The number of nitrogens with one attached hydrogen (secondary N) is 1. The molecule has 1 aromatic rings. The zero-order chi connectivity index (χ0) is 11.4. The molecule has 0 amide bonds. The van der Waals surface area contributed by atoms with Crippen molar-refractivity contribution >= 4 is 11.5 Å². The maximum atomic E-state index is 11.0. The van der Waals surface area contributed by atoms with Crippen molar-refractivity contribution in [3.05, 3.63) is 28.8 Å². The van der Waals surface area contributed by atoms with Gasteiger partial charge in [0, 0.05) is 19.2 Å². The normalized spacial score (nSPS) is 10.1. The third kappa shape index (κ3) is 3.08. The molecule has 0 unspecified atom stereocenters. The Morgan fingerprint density at radius 3 is 2.53 bits per heavy atom. The second-order valence-corrected chi connectivity index (χ2v) is 4.03. The number of anilines is 1. The maximum Gasteiger partial charge on any atom is 0.130 e. The lowest BCUT2D eigenvalue weighted by Gasteiger charge is -2.11. The van der Waals surface area contributed by atoms with Crippen molar-refractivity contribution in [2.24, 2.45) is 0 Å². The van der Waals surface area contributed by atoms with E-state index in [1.54, 1.807) is 6.92 Å². The molecule has 1 aromatic carbocycles. The van der Waals surface area contributed by atoms with Gasteiger partial charge in [0.2, 0.25) is 0 Å². The van der Waals surface area contributed by atoms with Gasteiger partial charge in [-0.1, -0.05) is 0 Å². The van der Waals surface area contributed by atoms with E-state index in [0.29, 0.717) is 6.42 Å². The van der Waals surface area contributed by atoms with E-state index in [1.807, 2.05) is 7.05 Å². The molecule has 0 saturated carbocycles. The van der Waals surface area contributed by atoms with Crippen molar-refractivity contribution in [1.82, 2.24) is 0 Å². The summed E-state index contributed by atoms with van der Waals surface area (Å²) in [5.74, 6) is 0.252. The molecule has 0 aliphatic carbocycles. The molecule has 0 saturated heterocycles. The Hall–Kier alpha value is -1.31. The monoisotopic (exact) mass is 205 g/mol. The predicted octanol–water partition coefficient (Wildman–Crippen LogP) is 2.87. The van der Waals surface area contributed by atoms with Gasteiger partial charge in [-0.2, -0.15) is 0 Å². The first kappa shape index (κ1) is 11.8. The average Bonchev–Trinajstić information content (AvgIpc) is 2.19. The van der Waals surface area contributed by atoms with Crippen LogP contribution in [0.5, 0.6) is 0 Å². The Balaban J connectivity index is 2.94. The zero-order valence-corrected chi connectivity index (χ0v) is 9.98. The third-order valence-electron chi connectivity index (χ3n) is 2.81. The molecule has 0 aliphatic rings. The summed E-state index contributed by atoms with van der Waals surface area (Å²) in [4.78, 5) is 11.0. The summed E-state index contributed by atoms with van der Waals surface area (Å²) in [7, 11) is 1.92. The number of hydrogen-bond acceptors (Lipinski definition) is 2. The fourth-order valence-electron chi connectivity index (χ4n) is 1.65. The van der Waals surface area contributed by atoms with Crippen LogP contribution in [0.3, 0.4) is 0 Å². The van der Waals surface area contributed by atoms with E-state index in [4.69, 9.17) is 0 Å². The van der Waals surface area contributed by atoms with Crippen molar-refractivity contribution in [3.63, 3.8) is 0 Å². The van der Waals surface area contributed by atoms with Gasteiger partial charge in [-0.15, -0.1) is 0 Å². The van der Waals surface area contributed by atoms with Gasteiger partial charge in [0.05, 0.1) is 0 Å². The van der Waals surface area contributed by atoms with Crippen LogP contribution in [-0.4, -0.2) is 12.8 Å². The Kier molecular flexibility index (Phi) is 3.89. The highest BCUT2D eigenvalue weighted by molar-refractivity contribution is 5.75. The first-order valence-corrected chi connectivity index (χ1v) is 5.32. The van der Waals surface area contributed by atoms with E-state index >= 15 is 0 Å². The summed E-state index contributed by atoms with van der Waals surface area (Å²) in [5, 5.41) is 3.14. The number of benzene rings is 1. The molecule has 0 atom stereocenters. The number of carbonyl (C=O) groups excluding carboxylic acids is 1. The number of Topliss-reactive ketones (excluding diaryl/α,β-unsaturated/α-hetero) is 1. The summed E-state index contributed by atoms with van der Waals surface area (Å²) < 4.78 is 0. The quantitative estimate of drug-likeness (QED) is 0.819. The van der Waals surface area contributed by atoms with Crippen LogP contribution in [-0.2, 0) is 11.2 Å². The van der Waals surface area contributed by atoms with Gasteiger partial charge in [-0.25, -0.2) is 0 Å². The fourth-order valence-corrected chi connectivity index (χ4v) is 1.65. The third-order valence-corrected chi connectivity index (χ3v) is 2.81. The van der Waals surface area contributed by atoms with Crippen molar-refractivity contribution in [3.8, 4) is 0 Å². The summed E-state index contributed by atoms with van der Waals surface area (Å²) in [6, 6.07) is 4.26. The number of aryl methyl sites for hydroxylation is 2. The van der Waals surface area contributed by atoms with Crippen LogP contribution >= 0.6 is 0 Å². The van der Waals surface area contributed by atoms with Gasteiger partial charge in [0.15, 0.2) is 0 Å². The highest BCUT2D eigenvalue weighted by Crippen LogP contribution is 2.20. The van der Waals surface area contributed by atoms with Crippen molar-refractivity contribution in [2.75, 3.05) is 12.4 Å². The van der Waals surface area contributed by atoms with Gasteiger partial charge >= 0.3 is 0 Å². The van der Waals surface area contributed by atoms with Crippen LogP contribution in [0.4, 0.5) is 5.69 Å². The Labute approximate surface area is 91.7 Å². The number of ketones is 1. The molecule has 0 heterocycles. The average molecular weight is 205 g/mol. The van der Waals surface area contributed by atoms with Crippen LogP contribution < -0.4 is 5.32 Å². The van der Waals surface area contributed by atoms with Gasteiger partial charge in [0.1, 0.15) is 5.78 Å². The van der Waals surface area contributed by atoms with E-state index in [-0.39, 0.29) is 5.78 Å². The Morgan fingerprint density at radius 1 is 1.33 bits per heavy atom. The maximum absolute atomic E-state index is 11.0. The van der Waals surface area contributed by atoms with Crippen LogP contribution in [0, 0.1) is 13.8 Å². The lowest BCUT2D eigenvalue weighted by Crippen LogP contribution is -2.00. The molecule has 15 heavy (non-hydrogen) atoms. The van der Waals surface area contributed by atoms with E-state index < -0.39 is 0 Å². The smallest absolute Gasteiger partial charge is 0.130 e. The van der Waals surface area contributed by atoms with Crippen molar-refractivity contribution in [1.29, 1.82) is 0 Å². The predicted molar refractivity (Wildman–Crippen MR) is 64.5 cm³/mol. The van der Waals surface area contributed by atoms with Crippen LogP contribution in [0.25, 0.3) is 0 Å². The van der Waals surface area contributed by atoms with E-state index in [0.717, 1.165) is 12.1 Å². The minimum absolute atomic E-state index is 0.252. The molecule has 0 fully saturated rings. The summed E-state index contributed by atoms with van der Waals surface area (Å²) in [6.07, 6.45) is 1.48. The number of carbonyl (C=O) groups is 1. The molecular formula is C13H19NO. The summed E-state index contributed by atoms with van der Waals surface area (Å²) >= 11 is 0. The van der Waals surface area contributed by atoms with Crippen molar-refractivity contribution < 1.29 is 4.79 Å². The molecule has 0 aliphatic heterocycles. The standard InChI is InChI=1S/C13H19NO/c1-9-7-13(14-4)8-12(11(9)3)6-5-10(2)15/h7-8,14H,5-6H2,1-4H3. The SMILES string of the molecule is CNc1cc(C)c(C)c(CCC(C)=O)c1. The van der Waals surface area contributed by atoms with E-state index in [1.165, 1.54) is 16.7 Å².